The van der Waals surface area contributed by atoms with Gasteiger partial charge in [-0.3, -0.25) is 4.79 Å². The molecule has 110 valence electrons. The Morgan fingerprint density at radius 1 is 1.30 bits per heavy atom. The largest absolute Gasteiger partial charge is 0.392 e. The van der Waals surface area contributed by atoms with E-state index in [-0.39, 0.29) is 12.5 Å². The Kier molecular flexibility index (Phi) is 5.15. The van der Waals surface area contributed by atoms with Gasteiger partial charge in [-0.05, 0) is 44.0 Å². The van der Waals surface area contributed by atoms with Crippen molar-refractivity contribution < 1.29 is 9.90 Å². The lowest BCUT2D eigenvalue weighted by Crippen LogP contribution is -2.36. The molecule has 0 aliphatic carbocycles. The molecule has 1 saturated heterocycles. The maximum atomic E-state index is 12.0. The number of hydrogen-bond donors (Lipinski definition) is 1. The molecule has 1 fully saturated rings. The molecule has 0 saturated carbocycles. The number of likely N-dealkylation sites (tertiary alicyclic amines) is 1. The van der Waals surface area contributed by atoms with Crippen LogP contribution in [0.3, 0.4) is 0 Å². The predicted molar refractivity (Wildman–Crippen MR) is 79.3 cm³/mol. The van der Waals surface area contributed by atoms with Crippen molar-refractivity contribution in [2.24, 2.45) is 5.92 Å². The summed E-state index contributed by atoms with van der Waals surface area (Å²) in [6, 6.07) is 8.10. The van der Waals surface area contributed by atoms with Crippen LogP contribution in [0, 0.1) is 5.92 Å². The van der Waals surface area contributed by atoms with E-state index >= 15 is 0 Å². The minimum atomic E-state index is 0.0938. The molecular weight excluding hydrogens is 252 g/mol. The first kappa shape index (κ1) is 15.0. The fraction of sp³-hybridized carbons (Fsp3) is 0.562. The molecule has 4 nitrogen and oxygen atoms in total. The zero-order valence-corrected chi connectivity index (χ0v) is 12.4. The van der Waals surface area contributed by atoms with Gasteiger partial charge in [-0.2, -0.15) is 0 Å². The number of rotatable bonds is 5. The molecule has 1 amide bonds. The number of aliphatic hydroxyl groups excluding tert-OH is 1. The maximum Gasteiger partial charge on any atom is 0.236 e. The van der Waals surface area contributed by atoms with Gasteiger partial charge in [0, 0.05) is 13.1 Å². The fourth-order valence-corrected chi connectivity index (χ4v) is 2.71. The zero-order valence-electron chi connectivity index (χ0n) is 12.4. The fourth-order valence-electron chi connectivity index (χ4n) is 2.71. The third-order valence-electron chi connectivity index (χ3n) is 3.82. The van der Waals surface area contributed by atoms with Crippen molar-refractivity contribution in [2.75, 3.05) is 33.7 Å². The van der Waals surface area contributed by atoms with Gasteiger partial charge in [0.25, 0.3) is 0 Å². The van der Waals surface area contributed by atoms with Crippen LogP contribution in [-0.2, 0) is 17.8 Å². The monoisotopic (exact) mass is 276 g/mol. The molecule has 1 atom stereocenters. The van der Waals surface area contributed by atoms with Gasteiger partial charge in [0.05, 0.1) is 13.2 Å². The first-order chi connectivity index (χ1) is 9.58. The van der Waals surface area contributed by atoms with E-state index in [2.05, 4.69) is 12.1 Å². The number of carbonyl (C=O) groups excluding carboxylic acids is 1. The first-order valence-corrected chi connectivity index (χ1v) is 7.19. The summed E-state index contributed by atoms with van der Waals surface area (Å²) in [4.78, 5) is 15.9. The van der Waals surface area contributed by atoms with E-state index in [1.54, 1.807) is 0 Å². The summed E-state index contributed by atoms with van der Waals surface area (Å²) in [6.07, 6.45) is 2.10. The number of carbonyl (C=O) groups is 1. The van der Waals surface area contributed by atoms with Crippen molar-refractivity contribution in [2.45, 2.75) is 19.4 Å². The highest BCUT2D eigenvalue weighted by molar-refractivity contribution is 5.78. The smallest absolute Gasteiger partial charge is 0.236 e. The Labute approximate surface area is 121 Å². The van der Waals surface area contributed by atoms with Crippen LogP contribution in [0.1, 0.15) is 17.5 Å². The zero-order chi connectivity index (χ0) is 14.5. The molecule has 0 bridgehead atoms. The van der Waals surface area contributed by atoms with E-state index in [1.807, 2.05) is 36.0 Å². The molecule has 0 radical (unpaired) electrons. The third kappa shape index (κ3) is 4.05. The Bertz CT molecular complexity index is 442. The van der Waals surface area contributed by atoms with Crippen molar-refractivity contribution in [3.8, 4) is 0 Å². The van der Waals surface area contributed by atoms with Crippen LogP contribution in [0.15, 0.2) is 24.3 Å². The van der Waals surface area contributed by atoms with Crippen LogP contribution in [-0.4, -0.2) is 54.5 Å². The summed E-state index contributed by atoms with van der Waals surface area (Å²) < 4.78 is 0. The first-order valence-electron chi connectivity index (χ1n) is 7.19. The average Bonchev–Trinajstić information content (AvgIpc) is 2.87. The number of benzene rings is 1. The van der Waals surface area contributed by atoms with Gasteiger partial charge in [-0.25, -0.2) is 0 Å². The molecule has 1 aromatic rings. The Balaban J connectivity index is 1.84. The summed E-state index contributed by atoms with van der Waals surface area (Å²) in [5.41, 5.74) is 2.23. The highest BCUT2D eigenvalue weighted by atomic mass is 16.3. The highest BCUT2D eigenvalue weighted by Crippen LogP contribution is 2.21. The van der Waals surface area contributed by atoms with E-state index in [1.165, 1.54) is 5.56 Å². The van der Waals surface area contributed by atoms with E-state index < -0.39 is 0 Å². The van der Waals surface area contributed by atoms with Gasteiger partial charge in [0.1, 0.15) is 0 Å². The van der Waals surface area contributed by atoms with Crippen LogP contribution in [0.2, 0.25) is 0 Å². The second-order valence-electron chi connectivity index (χ2n) is 5.91. The van der Waals surface area contributed by atoms with Gasteiger partial charge < -0.3 is 14.9 Å². The molecule has 0 spiro atoms. The average molecular weight is 276 g/mol. The number of hydrogen-bond acceptors (Lipinski definition) is 3. The Morgan fingerprint density at radius 3 is 2.55 bits per heavy atom. The van der Waals surface area contributed by atoms with Crippen molar-refractivity contribution in [3.63, 3.8) is 0 Å². The molecule has 1 heterocycles. The van der Waals surface area contributed by atoms with Crippen molar-refractivity contribution >= 4 is 5.91 Å². The maximum absolute atomic E-state index is 12.0. The lowest BCUT2D eigenvalue weighted by Gasteiger charge is -2.19. The van der Waals surface area contributed by atoms with Crippen LogP contribution in [0.25, 0.3) is 0 Å². The topological polar surface area (TPSA) is 43.8 Å². The molecule has 1 aliphatic heterocycles. The number of aliphatic hydroxyl groups is 1. The van der Waals surface area contributed by atoms with Crippen molar-refractivity contribution in [1.82, 2.24) is 9.80 Å². The molecule has 0 unspecified atom stereocenters. The molecule has 1 N–H and O–H groups in total. The predicted octanol–water partition coefficient (Wildman–Crippen LogP) is 1.13. The van der Waals surface area contributed by atoms with E-state index in [9.17, 15) is 4.79 Å². The minimum absolute atomic E-state index is 0.0938. The van der Waals surface area contributed by atoms with Gasteiger partial charge in [-0.15, -0.1) is 0 Å². The van der Waals surface area contributed by atoms with Crippen LogP contribution >= 0.6 is 0 Å². The normalized spacial score (nSPS) is 18.8. The molecule has 4 heteroatoms. The second-order valence-corrected chi connectivity index (χ2v) is 5.91. The van der Waals surface area contributed by atoms with E-state index in [0.29, 0.717) is 12.5 Å². The summed E-state index contributed by atoms with van der Waals surface area (Å²) >= 11 is 0. The molecule has 20 heavy (non-hydrogen) atoms. The molecule has 1 aromatic carbocycles. The SMILES string of the molecule is CN(C)CC(=O)N1CC[C@H](Cc2ccc(CO)cc2)C1. The lowest BCUT2D eigenvalue weighted by molar-refractivity contribution is -0.130. The van der Waals surface area contributed by atoms with Crippen molar-refractivity contribution in [3.05, 3.63) is 35.4 Å². The summed E-state index contributed by atoms with van der Waals surface area (Å²) in [5.74, 6) is 0.786. The van der Waals surface area contributed by atoms with Gasteiger partial charge in [0.2, 0.25) is 5.91 Å². The lowest BCUT2D eigenvalue weighted by atomic mass is 9.98. The minimum Gasteiger partial charge on any atom is -0.392 e. The Morgan fingerprint density at radius 2 is 1.95 bits per heavy atom. The summed E-state index contributed by atoms with van der Waals surface area (Å²) in [6.45, 7) is 2.34. The van der Waals surface area contributed by atoms with E-state index in [0.717, 1.165) is 31.5 Å². The molecular formula is C16H24N2O2. The highest BCUT2D eigenvalue weighted by Gasteiger charge is 2.26. The van der Waals surface area contributed by atoms with Crippen LogP contribution in [0.4, 0.5) is 0 Å². The standard InChI is InChI=1S/C16H24N2O2/c1-17(2)11-16(20)18-8-7-15(10-18)9-13-3-5-14(12-19)6-4-13/h3-6,15,19H,7-12H2,1-2H3/t15-/m1/s1. The summed E-state index contributed by atoms with van der Waals surface area (Å²) in [5, 5.41) is 9.03. The molecule has 0 aromatic heterocycles. The molecule has 2 rings (SSSR count). The van der Waals surface area contributed by atoms with Gasteiger partial charge in [-0.1, -0.05) is 24.3 Å². The summed E-state index contributed by atoms with van der Waals surface area (Å²) in [7, 11) is 3.85. The number of nitrogens with zero attached hydrogens (tertiary/aromatic N) is 2. The van der Waals surface area contributed by atoms with E-state index in [4.69, 9.17) is 5.11 Å². The second kappa shape index (κ2) is 6.86. The van der Waals surface area contributed by atoms with Gasteiger partial charge >= 0.3 is 0 Å². The quantitative estimate of drug-likeness (QED) is 0.877. The molecule has 1 aliphatic rings. The number of likely N-dealkylation sites (N-methyl/N-ethyl adjacent to an activating group) is 1. The van der Waals surface area contributed by atoms with Crippen molar-refractivity contribution in [1.29, 1.82) is 0 Å². The number of amides is 1. The third-order valence-corrected chi connectivity index (χ3v) is 3.82. The van der Waals surface area contributed by atoms with Crippen LogP contribution in [0.5, 0.6) is 0 Å². The van der Waals surface area contributed by atoms with Crippen LogP contribution < -0.4 is 0 Å². The Hall–Kier alpha value is -1.39. The van der Waals surface area contributed by atoms with Gasteiger partial charge in [0.15, 0.2) is 0 Å².